The second kappa shape index (κ2) is 5.16. The summed E-state index contributed by atoms with van der Waals surface area (Å²) in [5, 5.41) is 15.0. The van der Waals surface area contributed by atoms with E-state index in [1.165, 1.54) is 23.4 Å². The normalized spacial score (nSPS) is 21.8. The summed E-state index contributed by atoms with van der Waals surface area (Å²) in [6.07, 6.45) is 2.62. The molecule has 0 radical (unpaired) electrons. The Morgan fingerprint density at radius 1 is 1.52 bits per heavy atom. The fourth-order valence-corrected chi connectivity index (χ4v) is 2.53. The molecule has 0 saturated carbocycles. The monoisotopic (exact) mass is 295 g/mol. The fraction of sp³-hybridized carbons (Fsp3) is 0.429. The van der Waals surface area contributed by atoms with Crippen LogP contribution in [0.5, 0.6) is 0 Å². The maximum absolute atomic E-state index is 14.1. The van der Waals surface area contributed by atoms with Gasteiger partial charge in [-0.1, -0.05) is 13.0 Å². The molecule has 1 aliphatic rings. The van der Waals surface area contributed by atoms with Crippen LogP contribution in [0.1, 0.15) is 12.5 Å². The molecule has 0 bridgehead atoms. The van der Waals surface area contributed by atoms with Gasteiger partial charge in [-0.2, -0.15) is 5.10 Å². The molecule has 1 fully saturated rings. The smallest absolute Gasteiger partial charge is 0.137 e. The van der Waals surface area contributed by atoms with Crippen LogP contribution in [0.15, 0.2) is 30.9 Å². The van der Waals surface area contributed by atoms with E-state index in [4.69, 9.17) is 4.74 Å². The molecule has 1 aliphatic heterocycles. The minimum Gasteiger partial charge on any atom is -0.383 e. The summed E-state index contributed by atoms with van der Waals surface area (Å²) in [5.41, 5.74) is -1.53. The second-order valence-corrected chi connectivity index (χ2v) is 5.30. The Labute approximate surface area is 120 Å². The number of hydrogen-bond acceptors (Lipinski definition) is 4. The summed E-state index contributed by atoms with van der Waals surface area (Å²) in [7, 11) is 0. The van der Waals surface area contributed by atoms with Crippen LogP contribution in [0.2, 0.25) is 0 Å². The molecule has 2 heterocycles. The molecule has 1 unspecified atom stereocenters. The summed E-state index contributed by atoms with van der Waals surface area (Å²) in [6, 6.07) is 3.16. The molecule has 112 valence electrons. The van der Waals surface area contributed by atoms with E-state index in [0.29, 0.717) is 6.61 Å². The van der Waals surface area contributed by atoms with Crippen LogP contribution >= 0.6 is 0 Å². The average Bonchev–Trinajstić information content (AvgIpc) is 3.16. The number of aromatic nitrogens is 3. The van der Waals surface area contributed by atoms with E-state index in [1.54, 1.807) is 6.92 Å². The molecule has 21 heavy (non-hydrogen) atoms. The van der Waals surface area contributed by atoms with Crippen molar-refractivity contribution in [1.29, 1.82) is 0 Å². The zero-order valence-corrected chi connectivity index (χ0v) is 11.4. The van der Waals surface area contributed by atoms with Crippen molar-refractivity contribution in [3.8, 4) is 0 Å². The molecule has 0 spiro atoms. The van der Waals surface area contributed by atoms with Gasteiger partial charge < -0.3 is 9.84 Å². The Morgan fingerprint density at radius 2 is 2.29 bits per heavy atom. The van der Waals surface area contributed by atoms with Gasteiger partial charge in [0.2, 0.25) is 0 Å². The third-order valence-electron chi connectivity index (χ3n) is 3.94. The van der Waals surface area contributed by atoms with Crippen molar-refractivity contribution in [2.75, 3.05) is 6.61 Å². The van der Waals surface area contributed by atoms with Gasteiger partial charge >= 0.3 is 0 Å². The largest absolute Gasteiger partial charge is 0.383 e. The minimum atomic E-state index is -1.56. The van der Waals surface area contributed by atoms with Crippen LogP contribution in [0.25, 0.3) is 0 Å². The molecule has 5 nitrogen and oxygen atoms in total. The molecule has 1 N–H and O–H groups in total. The van der Waals surface area contributed by atoms with Crippen LogP contribution < -0.4 is 0 Å². The van der Waals surface area contributed by atoms with E-state index in [0.717, 1.165) is 12.1 Å². The van der Waals surface area contributed by atoms with Gasteiger partial charge in [-0.15, -0.1) is 0 Å². The molecule has 0 amide bonds. The van der Waals surface area contributed by atoms with Crippen molar-refractivity contribution in [3.63, 3.8) is 0 Å². The SMILES string of the molecule is C[C@H](C1CO1)[C@](O)(Cn1cncn1)c1ccc(F)cc1F. The van der Waals surface area contributed by atoms with Crippen LogP contribution in [-0.2, 0) is 16.9 Å². The van der Waals surface area contributed by atoms with Crippen molar-refractivity contribution in [1.82, 2.24) is 14.8 Å². The molecule has 1 aromatic carbocycles. The zero-order valence-electron chi connectivity index (χ0n) is 11.4. The Kier molecular flexibility index (Phi) is 3.46. The molecule has 3 atom stereocenters. The highest BCUT2D eigenvalue weighted by Gasteiger charge is 2.47. The highest BCUT2D eigenvalue weighted by atomic mass is 19.1. The van der Waals surface area contributed by atoms with E-state index < -0.39 is 17.2 Å². The Hall–Kier alpha value is -1.86. The standard InChI is InChI=1S/C14H15F2N3O2/c1-9(13-5-21-13)14(20,6-19-8-17-7-18-19)11-3-2-10(15)4-12(11)16/h2-4,7-9,13,20H,5-6H2,1H3/t9-,13?,14-/m1/s1. The number of rotatable bonds is 5. The molecule has 3 rings (SSSR count). The summed E-state index contributed by atoms with van der Waals surface area (Å²) in [5.74, 6) is -1.85. The van der Waals surface area contributed by atoms with Gasteiger partial charge in [0.15, 0.2) is 0 Å². The van der Waals surface area contributed by atoms with Crippen molar-refractivity contribution in [2.24, 2.45) is 5.92 Å². The summed E-state index contributed by atoms with van der Waals surface area (Å²) in [6.45, 7) is 2.30. The zero-order chi connectivity index (χ0) is 15.0. The number of benzene rings is 1. The summed E-state index contributed by atoms with van der Waals surface area (Å²) < 4.78 is 33.9. The minimum absolute atomic E-state index is 0.0105. The number of aliphatic hydroxyl groups is 1. The van der Waals surface area contributed by atoms with Crippen molar-refractivity contribution < 1.29 is 18.6 Å². The van der Waals surface area contributed by atoms with E-state index in [9.17, 15) is 13.9 Å². The van der Waals surface area contributed by atoms with Crippen LogP contribution in [0.3, 0.4) is 0 Å². The van der Waals surface area contributed by atoms with Gasteiger partial charge in [0.05, 0.1) is 19.3 Å². The van der Waals surface area contributed by atoms with Crippen molar-refractivity contribution >= 4 is 0 Å². The number of epoxide rings is 1. The second-order valence-electron chi connectivity index (χ2n) is 5.30. The van der Waals surface area contributed by atoms with Gasteiger partial charge in [-0.3, -0.25) is 0 Å². The molecule has 0 aliphatic carbocycles. The number of halogens is 2. The molecular formula is C14H15F2N3O2. The summed E-state index contributed by atoms with van der Waals surface area (Å²) >= 11 is 0. The molecule has 1 aromatic heterocycles. The number of ether oxygens (including phenoxy) is 1. The van der Waals surface area contributed by atoms with Crippen molar-refractivity contribution in [3.05, 3.63) is 48.1 Å². The third kappa shape index (κ3) is 2.66. The predicted molar refractivity (Wildman–Crippen MR) is 69.2 cm³/mol. The van der Waals surface area contributed by atoms with Crippen LogP contribution in [0, 0.1) is 17.6 Å². The van der Waals surface area contributed by atoms with Gasteiger partial charge in [0.1, 0.15) is 29.9 Å². The van der Waals surface area contributed by atoms with Gasteiger partial charge in [0.25, 0.3) is 0 Å². The van der Waals surface area contributed by atoms with Gasteiger partial charge in [-0.25, -0.2) is 18.4 Å². The number of nitrogens with zero attached hydrogens (tertiary/aromatic N) is 3. The Bertz CT molecular complexity index is 631. The molecule has 2 aromatic rings. The molecular weight excluding hydrogens is 280 g/mol. The first-order chi connectivity index (χ1) is 10.0. The lowest BCUT2D eigenvalue weighted by atomic mass is 9.80. The van der Waals surface area contributed by atoms with Gasteiger partial charge in [-0.05, 0) is 6.07 Å². The van der Waals surface area contributed by atoms with Gasteiger partial charge in [0, 0.05) is 17.5 Å². The molecule has 7 heteroatoms. The Morgan fingerprint density at radius 3 is 2.86 bits per heavy atom. The lowest BCUT2D eigenvalue weighted by Gasteiger charge is -2.34. The van der Waals surface area contributed by atoms with Crippen LogP contribution in [0.4, 0.5) is 8.78 Å². The first-order valence-corrected chi connectivity index (χ1v) is 6.62. The summed E-state index contributed by atoms with van der Waals surface area (Å²) in [4.78, 5) is 3.81. The number of hydrogen-bond donors (Lipinski definition) is 1. The Balaban J connectivity index is 2.01. The highest BCUT2D eigenvalue weighted by molar-refractivity contribution is 5.26. The maximum Gasteiger partial charge on any atom is 0.137 e. The first kappa shape index (κ1) is 14.1. The molecule has 1 saturated heterocycles. The van der Waals surface area contributed by atoms with Crippen LogP contribution in [-0.4, -0.2) is 32.6 Å². The lowest BCUT2D eigenvalue weighted by Crippen LogP contribution is -2.41. The third-order valence-corrected chi connectivity index (χ3v) is 3.94. The first-order valence-electron chi connectivity index (χ1n) is 6.62. The lowest BCUT2D eigenvalue weighted by molar-refractivity contribution is -0.0479. The topological polar surface area (TPSA) is 63.5 Å². The average molecular weight is 295 g/mol. The van der Waals surface area contributed by atoms with Crippen molar-refractivity contribution in [2.45, 2.75) is 25.2 Å². The predicted octanol–water partition coefficient (Wildman–Crippen LogP) is 1.48. The van der Waals surface area contributed by atoms with E-state index in [1.807, 2.05) is 0 Å². The quantitative estimate of drug-likeness (QED) is 0.849. The van der Waals surface area contributed by atoms with E-state index in [-0.39, 0.29) is 24.1 Å². The van der Waals surface area contributed by atoms with E-state index >= 15 is 0 Å². The van der Waals surface area contributed by atoms with E-state index in [2.05, 4.69) is 10.1 Å². The maximum atomic E-state index is 14.1. The fourth-order valence-electron chi connectivity index (χ4n) is 2.53. The highest BCUT2D eigenvalue weighted by Crippen LogP contribution is 2.39.